The molecule has 2 aromatic heterocycles. The molecule has 0 atom stereocenters. The lowest BCUT2D eigenvalue weighted by molar-refractivity contribution is -0.137. The van der Waals surface area contributed by atoms with Gasteiger partial charge in [-0.3, -0.25) is 23.5 Å². The first kappa shape index (κ1) is 31.1. The highest BCUT2D eigenvalue weighted by molar-refractivity contribution is 7.17. The number of nitrogens with one attached hydrogen (secondary N) is 2. The Balaban J connectivity index is 1.18. The van der Waals surface area contributed by atoms with E-state index in [1.807, 2.05) is 12.1 Å². The zero-order valence-electron chi connectivity index (χ0n) is 23.0. The second kappa shape index (κ2) is 13.1. The van der Waals surface area contributed by atoms with Crippen LogP contribution in [0.1, 0.15) is 36.8 Å². The smallest absolute Gasteiger partial charge is 0.416 e. The molecule has 0 saturated heterocycles. The molecule has 2 N–H and O–H groups in total. The van der Waals surface area contributed by atoms with Crippen molar-refractivity contribution in [1.82, 2.24) is 14.5 Å². The van der Waals surface area contributed by atoms with Crippen molar-refractivity contribution < 1.29 is 32.2 Å². The Labute approximate surface area is 257 Å². The minimum atomic E-state index is -4.64. The molecule has 0 saturated carbocycles. The number of alkyl halides is 3. The summed E-state index contributed by atoms with van der Waals surface area (Å²) >= 11 is 7.09. The van der Waals surface area contributed by atoms with Crippen molar-refractivity contribution >= 4 is 50.7 Å². The summed E-state index contributed by atoms with van der Waals surface area (Å²) in [6, 6.07) is 9.48. The topological polar surface area (TPSA) is 121 Å². The number of hydrogen-bond acceptors (Lipinski definition) is 7. The number of anilines is 1. The van der Waals surface area contributed by atoms with E-state index in [1.165, 1.54) is 6.07 Å². The summed E-state index contributed by atoms with van der Waals surface area (Å²) in [5.41, 5.74) is -1.37. The molecule has 0 bridgehead atoms. The molecule has 0 spiro atoms. The summed E-state index contributed by atoms with van der Waals surface area (Å²) in [7, 11) is 0. The number of halogens is 4. The largest absolute Gasteiger partial charge is 0.454 e. The third-order valence-electron chi connectivity index (χ3n) is 6.92. The van der Waals surface area contributed by atoms with E-state index < -0.39 is 35.4 Å². The Morgan fingerprint density at radius 3 is 2.55 bits per heavy atom. The standard InChI is InChI=1S/C29H26ClF3N4O6S/c30-19-7-6-18(29(31,32)33)13-20(19)35-25(39)15-37-21-9-11-44-26(21)27(40)36(28(37)41)10-3-1-2-4-24(38)34-14-17-5-8-22-23(12-17)43-16-42-22/h5-9,11-13H,1-4,10,14-16H2,(H,34,38)(H,35,39). The van der Waals surface area contributed by atoms with Gasteiger partial charge in [0.05, 0.1) is 21.8 Å². The molecule has 44 heavy (non-hydrogen) atoms. The SMILES string of the molecule is O=C(CCCCCn1c(=O)c2sccc2n(CC(=O)Nc2cc(C(F)(F)F)ccc2Cl)c1=O)NCc1ccc2c(c1)OCO2. The Bertz CT molecular complexity index is 1830. The van der Waals surface area contributed by atoms with Crippen molar-refractivity contribution in [2.75, 3.05) is 12.1 Å². The van der Waals surface area contributed by atoms with Gasteiger partial charge >= 0.3 is 11.9 Å². The highest BCUT2D eigenvalue weighted by Crippen LogP contribution is 2.34. The number of aromatic nitrogens is 2. The van der Waals surface area contributed by atoms with E-state index in [-0.39, 0.29) is 46.6 Å². The molecule has 1 aliphatic rings. The molecule has 4 aromatic rings. The quantitative estimate of drug-likeness (QED) is 0.217. The summed E-state index contributed by atoms with van der Waals surface area (Å²) in [6.07, 6.45) is -2.88. The van der Waals surface area contributed by atoms with Crippen LogP contribution in [0.5, 0.6) is 11.5 Å². The van der Waals surface area contributed by atoms with Crippen molar-refractivity contribution in [2.24, 2.45) is 0 Å². The van der Waals surface area contributed by atoms with Crippen LogP contribution in [0.2, 0.25) is 5.02 Å². The van der Waals surface area contributed by atoms with E-state index >= 15 is 0 Å². The number of fused-ring (bicyclic) bond motifs is 2. The summed E-state index contributed by atoms with van der Waals surface area (Å²) in [5, 5.41) is 6.68. The van der Waals surface area contributed by atoms with Gasteiger partial charge in [0.25, 0.3) is 5.56 Å². The fraction of sp³-hybridized carbons (Fsp3) is 0.310. The lowest BCUT2D eigenvalue weighted by atomic mass is 10.1. The summed E-state index contributed by atoms with van der Waals surface area (Å²) in [5.74, 6) is 0.354. The van der Waals surface area contributed by atoms with Crippen molar-refractivity contribution in [3.8, 4) is 11.5 Å². The van der Waals surface area contributed by atoms with E-state index in [2.05, 4.69) is 10.6 Å². The molecular weight excluding hydrogens is 625 g/mol. The van der Waals surface area contributed by atoms with Crippen LogP contribution < -0.4 is 31.4 Å². The third-order valence-corrected chi connectivity index (χ3v) is 8.14. The average molecular weight is 651 g/mol. The average Bonchev–Trinajstić information content (AvgIpc) is 3.66. The second-order valence-corrected chi connectivity index (χ2v) is 11.3. The number of carbonyl (C=O) groups excluding carboxylic acids is 2. The van der Waals surface area contributed by atoms with Gasteiger partial charge in [-0.1, -0.05) is 24.1 Å². The Morgan fingerprint density at radius 1 is 0.955 bits per heavy atom. The lowest BCUT2D eigenvalue weighted by Crippen LogP contribution is -2.41. The zero-order chi connectivity index (χ0) is 31.4. The fourth-order valence-electron chi connectivity index (χ4n) is 4.69. The number of benzene rings is 2. The molecule has 0 fully saturated rings. The molecule has 0 aliphatic carbocycles. The molecule has 5 rings (SSSR count). The van der Waals surface area contributed by atoms with Crippen LogP contribution in [-0.2, 0) is 35.4 Å². The van der Waals surface area contributed by atoms with Gasteiger partial charge in [-0.05, 0) is 60.2 Å². The molecule has 0 unspecified atom stereocenters. The van der Waals surface area contributed by atoms with E-state index in [0.717, 1.165) is 38.2 Å². The van der Waals surface area contributed by atoms with Crippen LogP contribution >= 0.6 is 22.9 Å². The highest BCUT2D eigenvalue weighted by Gasteiger charge is 2.31. The van der Waals surface area contributed by atoms with E-state index in [4.69, 9.17) is 21.1 Å². The zero-order valence-corrected chi connectivity index (χ0v) is 24.6. The van der Waals surface area contributed by atoms with Gasteiger partial charge in [-0.2, -0.15) is 13.2 Å². The first-order valence-electron chi connectivity index (χ1n) is 13.5. The van der Waals surface area contributed by atoms with Gasteiger partial charge in [-0.15, -0.1) is 11.3 Å². The molecular formula is C29H26ClF3N4O6S. The Morgan fingerprint density at radius 2 is 1.75 bits per heavy atom. The normalized spacial score (nSPS) is 12.5. The van der Waals surface area contributed by atoms with Gasteiger partial charge in [-0.25, -0.2) is 4.79 Å². The van der Waals surface area contributed by atoms with Crippen LogP contribution in [0.25, 0.3) is 10.2 Å². The van der Waals surface area contributed by atoms with Gasteiger partial charge < -0.3 is 20.1 Å². The van der Waals surface area contributed by atoms with E-state index in [1.54, 1.807) is 11.4 Å². The van der Waals surface area contributed by atoms with Gasteiger partial charge in [0.15, 0.2) is 11.5 Å². The molecule has 2 amide bonds. The first-order valence-corrected chi connectivity index (χ1v) is 14.8. The predicted molar refractivity (Wildman–Crippen MR) is 158 cm³/mol. The number of carbonyl (C=O) groups is 2. The predicted octanol–water partition coefficient (Wildman–Crippen LogP) is 5.14. The van der Waals surface area contributed by atoms with Gasteiger partial charge in [0.1, 0.15) is 11.2 Å². The highest BCUT2D eigenvalue weighted by atomic mass is 35.5. The Kier molecular flexibility index (Phi) is 9.30. The monoisotopic (exact) mass is 650 g/mol. The number of unbranched alkanes of at least 4 members (excludes halogenated alkanes) is 2. The second-order valence-electron chi connectivity index (χ2n) is 9.98. The molecule has 3 heterocycles. The molecule has 0 radical (unpaired) electrons. The van der Waals surface area contributed by atoms with Crippen LogP contribution in [0.4, 0.5) is 18.9 Å². The number of nitrogens with zero attached hydrogens (tertiary/aromatic N) is 2. The number of rotatable bonds is 11. The molecule has 1 aliphatic heterocycles. The molecule has 2 aromatic carbocycles. The summed E-state index contributed by atoms with van der Waals surface area (Å²) in [4.78, 5) is 51.5. The number of hydrogen-bond donors (Lipinski definition) is 2. The summed E-state index contributed by atoms with van der Waals surface area (Å²) in [6.45, 7) is 0.00684. The van der Waals surface area contributed by atoms with Crippen molar-refractivity contribution in [1.29, 1.82) is 0 Å². The van der Waals surface area contributed by atoms with E-state index in [9.17, 15) is 32.3 Å². The minimum absolute atomic E-state index is 0.0609. The molecule has 10 nitrogen and oxygen atoms in total. The fourth-order valence-corrected chi connectivity index (χ4v) is 5.69. The van der Waals surface area contributed by atoms with Crippen LogP contribution in [0, 0.1) is 0 Å². The first-order chi connectivity index (χ1) is 21.0. The van der Waals surface area contributed by atoms with E-state index in [0.29, 0.717) is 43.4 Å². The van der Waals surface area contributed by atoms with Gasteiger partial charge in [0, 0.05) is 19.5 Å². The third kappa shape index (κ3) is 7.08. The van der Waals surface area contributed by atoms with Crippen molar-refractivity contribution in [3.63, 3.8) is 0 Å². The van der Waals surface area contributed by atoms with Gasteiger partial charge in [0.2, 0.25) is 18.6 Å². The maximum absolute atomic E-state index is 13.3. The van der Waals surface area contributed by atoms with Crippen LogP contribution in [0.3, 0.4) is 0 Å². The molecule has 15 heteroatoms. The van der Waals surface area contributed by atoms with Crippen molar-refractivity contribution in [3.05, 3.63) is 84.8 Å². The summed E-state index contributed by atoms with van der Waals surface area (Å²) < 4.78 is 52.4. The van der Waals surface area contributed by atoms with Crippen LogP contribution in [-0.4, -0.2) is 27.7 Å². The number of amides is 2. The minimum Gasteiger partial charge on any atom is -0.454 e. The number of ether oxygens (including phenoxy) is 2. The maximum Gasteiger partial charge on any atom is 0.416 e. The van der Waals surface area contributed by atoms with Crippen molar-refractivity contribution in [2.45, 2.75) is 51.5 Å². The van der Waals surface area contributed by atoms with Crippen LogP contribution in [0.15, 0.2) is 57.4 Å². The lowest BCUT2D eigenvalue weighted by Gasteiger charge is -2.14. The number of thiophene rings is 1. The molecule has 232 valence electrons. The Hall–Kier alpha value is -4.30. The maximum atomic E-state index is 13.3.